The molecule has 1 fully saturated rings. The highest BCUT2D eigenvalue weighted by atomic mass is 16.5. The van der Waals surface area contributed by atoms with Gasteiger partial charge in [0.15, 0.2) is 0 Å². The fourth-order valence-electron chi connectivity index (χ4n) is 1.53. The number of rotatable bonds is 5. The van der Waals surface area contributed by atoms with Crippen molar-refractivity contribution in [2.24, 2.45) is 0 Å². The summed E-state index contributed by atoms with van der Waals surface area (Å²) >= 11 is 0. The first-order valence-corrected chi connectivity index (χ1v) is 5.23. The molecule has 72 valence electrons. The Morgan fingerprint density at radius 2 is 1.92 bits per heavy atom. The molecular weight excluding hydrogens is 150 g/mol. The molecule has 0 radical (unpaired) electrons. The van der Waals surface area contributed by atoms with Crippen LogP contribution < -0.4 is 0 Å². The van der Waals surface area contributed by atoms with Crippen molar-refractivity contribution in [3.8, 4) is 0 Å². The molecule has 0 aromatic carbocycles. The molecule has 1 aliphatic heterocycles. The van der Waals surface area contributed by atoms with Crippen molar-refractivity contribution in [2.45, 2.75) is 39.0 Å². The third-order valence-electron chi connectivity index (χ3n) is 2.36. The van der Waals surface area contributed by atoms with Gasteiger partial charge >= 0.3 is 0 Å². The van der Waals surface area contributed by atoms with E-state index in [9.17, 15) is 0 Å². The second kappa shape index (κ2) is 6.44. The van der Waals surface area contributed by atoms with Crippen LogP contribution in [-0.4, -0.2) is 31.3 Å². The van der Waals surface area contributed by atoms with Crippen molar-refractivity contribution in [2.75, 3.05) is 26.4 Å². The minimum Gasteiger partial charge on any atom is -0.366 e. The van der Waals surface area contributed by atoms with Gasteiger partial charge in [0.05, 0.1) is 6.73 Å². The molecule has 0 amide bonds. The second-order valence-electron chi connectivity index (χ2n) is 3.57. The molecule has 0 aromatic rings. The first-order chi connectivity index (χ1) is 5.93. The van der Waals surface area contributed by atoms with E-state index in [1.165, 1.54) is 45.2 Å². The normalized spacial score (nSPS) is 19.8. The van der Waals surface area contributed by atoms with E-state index in [0.29, 0.717) is 0 Å². The Hall–Kier alpha value is -0.0800. The average molecular weight is 171 g/mol. The van der Waals surface area contributed by atoms with Gasteiger partial charge < -0.3 is 4.74 Å². The highest BCUT2D eigenvalue weighted by Crippen LogP contribution is 2.07. The van der Waals surface area contributed by atoms with Crippen molar-refractivity contribution in [3.05, 3.63) is 0 Å². The highest BCUT2D eigenvalue weighted by Gasteiger charge is 2.08. The van der Waals surface area contributed by atoms with Crippen molar-refractivity contribution in [1.29, 1.82) is 0 Å². The molecule has 0 atom stereocenters. The first kappa shape index (κ1) is 10.0. The molecule has 0 aromatic heterocycles. The van der Waals surface area contributed by atoms with Gasteiger partial charge in [0.1, 0.15) is 0 Å². The quantitative estimate of drug-likeness (QED) is 0.588. The summed E-state index contributed by atoms with van der Waals surface area (Å²) in [5, 5.41) is 0. The fraction of sp³-hybridized carbons (Fsp3) is 1.00. The Bertz CT molecular complexity index is 100. The summed E-state index contributed by atoms with van der Waals surface area (Å²) in [4.78, 5) is 2.42. The molecule has 0 saturated carbocycles. The van der Waals surface area contributed by atoms with E-state index in [1.54, 1.807) is 0 Å². The molecule has 2 nitrogen and oxygen atoms in total. The van der Waals surface area contributed by atoms with Crippen LogP contribution in [0.5, 0.6) is 0 Å². The lowest BCUT2D eigenvalue weighted by atomic mass is 10.1. The van der Waals surface area contributed by atoms with Crippen molar-refractivity contribution in [1.82, 2.24) is 4.90 Å². The van der Waals surface area contributed by atoms with Crippen LogP contribution in [0.3, 0.4) is 0 Å². The molecule has 2 heteroatoms. The maximum absolute atomic E-state index is 5.54. The van der Waals surface area contributed by atoms with Gasteiger partial charge in [-0.2, -0.15) is 0 Å². The van der Waals surface area contributed by atoms with Crippen LogP contribution in [0.15, 0.2) is 0 Å². The molecular formula is C10H21NO. The third kappa shape index (κ3) is 4.07. The molecule has 0 spiro atoms. The minimum absolute atomic E-state index is 0.861. The Balaban J connectivity index is 1.91. The molecule has 0 N–H and O–H groups in total. The van der Waals surface area contributed by atoms with Gasteiger partial charge in [0.25, 0.3) is 0 Å². The van der Waals surface area contributed by atoms with Crippen LogP contribution >= 0.6 is 0 Å². The van der Waals surface area contributed by atoms with Crippen LogP contribution in [0.25, 0.3) is 0 Å². The summed E-state index contributed by atoms with van der Waals surface area (Å²) in [6.45, 7) is 6.48. The smallest absolute Gasteiger partial charge is 0.0990 e. The third-order valence-corrected chi connectivity index (χ3v) is 2.36. The van der Waals surface area contributed by atoms with Crippen LogP contribution in [0, 0.1) is 0 Å². The highest BCUT2D eigenvalue weighted by molar-refractivity contribution is 4.60. The number of ether oxygens (including phenoxy) is 1. The monoisotopic (exact) mass is 171 g/mol. The first-order valence-electron chi connectivity index (χ1n) is 5.23. The summed E-state index contributed by atoms with van der Waals surface area (Å²) < 4.78 is 5.54. The lowest BCUT2D eigenvalue weighted by Crippen LogP contribution is -2.31. The van der Waals surface area contributed by atoms with E-state index < -0.39 is 0 Å². The molecule has 0 bridgehead atoms. The Kier molecular flexibility index (Phi) is 5.37. The van der Waals surface area contributed by atoms with E-state index in [2.05, 4.69) is 11.8 Å². The minimum atomic E-state index is 0.861. The summed E-state index contributed by atoms with van der Waals surface area (Å²) in [6, 6.07) is 0. The molecule has 0 unspecified atom stereocenters. The van der Waals surface area contributed by atoms with Crippen LogP contribution in [0.2, 0.25) is 0 Å². The van der Waals surface area contributed by atoms with Gasteiger partial charge in [-0.3, -0.25) is 4.90 Å². The van der Waals surface area contributed by atoms with Gasteiger partial charge in [-0.25, -0.2) is 0 Å². The lowest BCUT2D eigenvalue weighted by Gasteiger charge is -2.25. The summed E-state index contributed by atoms with van der Waals surface area (Å²) in [5.74, 6) is 0. The zero-order chi connectivity index (χ0) is 8.65. The number of hydrogen-bond donors (Lipinski definition) is 0. The number of piperidine rings is 1. The molecule has 1 aliphatic rings. The summed E-state index contributed by atoms with van der Waals surface area (Å²) in [5.41, 5.74) is 0. The van der Waals surface area contributed by atoms with Gasteiger partial charge in [-0.1, -0.05) is 19.8 Å². The van der Waals surface area contributed by atoms with E-state index in [1.807, 2.05) is 0 Å². The van der Waals surface area contributed by atoms with Gasteiger partial charge in [0, 0.05) is 19.7 Å². The van der Waals surface area contributed by atoms with Crippen LogP contribution in [-0.2, 0) is 4.74 Å². The molecule has 1 heterocycles. The van der Waals surface area contributed by atoms with E-state index >= 15 is 0 Å². The Morgan fingerprint density at radius 3 is 2.58 bits per heavy atom. The lowest BCUT2D eigenvalue weighted by molar-refractivity contribution is 0.0179. The van der Waals surface area contributed by atoms with Gasteiger partial charge in [-0.05, 0) is 19.3 Å². The van der Waals surface area contributed by atoms with Gasteiger partial charge in [0.2, 0.25) is 0 Å². The van der Waals surface area contributed by atoms with Crippen molar-refractivity contribution < 1.29 is 4.74 Å². The molecule has 1 rings (SSSR count). The topological polar surface area (TPSA) is 12.5 Å². The Labute approximate surface area is 75.9 Å². The summed E-state index contributed by atoms with van der Waals surface area (Å²) in [6.07, 6.45) is 6.56. The second-order valence-corrected chi connectivity index (χ2v) is 3.57. The number of likely N-dealkylation sites (tertiary alicyclic amines) is 1. The molecule has 0 aliphatic carbocycles. The fourth-order valence-corrected chi connectivity index (χ4v) is 1.53. The van der Waals surface area contributed by atoms with E-state index in [0.717, 1.165) is 13.3 Å². The number of unbranched alkanes of at least 4 members (excludes halogenated alkanes) is 1. The zero-order valence-corrected chi connectivity index (χ0v) is 8.22. The largest absolute Gasteiger partial charge is 0.366 e. The van der Waals surface area contributed by atoms with Crippen LogP contribution in [0.1, 0.15) is 39.0 Å². The zero-order valence-electron chi connectivity index (χ0n) is 8.22. The predicted octanol–water partition coefficient (Wildman–Crippen LogP) is 2.25. The standard InChI is InChI=1S/C10H21NO/c1-2-3-9-12-10-11-7-5-4-6-8-11/h2-10H2,1H3. The van der Waals surface area contributed by atoms with Crippen molar-refractivity contribution >= 4 is 0 Å². The molecule has 1 saturated heterocycles. The van der Waals surface area contributed by atoms with E-state index in [-0.39, 0.29) is 0 Å². The average Bonchev–Trinajstić information content (AvgIpc) is 2.14. The number of hydrogen-bond acceptors (Lipinski definition) is 2. The van der Waals surface area contributed by atoms with Crippen molar-refractivity contribution in [3.63, 3.8) is 0 Å². The van der Waals surface area contributed by atoms with Crippen LogP contribution in [0.4, 0.5) is 0 Å². The maximum atomic E-state index is 5.54. The summed E-state index contributed by atoms with van der Waals surface area (Å²) in [7, 11) is 0. The SMILES string of the molecule is CCCCOCN1CCCCC1. The Morgan fingerprint density at radius 1 is 1.17 bits per heavy atom. The molecule has 12 heavy (non-hydrogen) atoms. The van der Waals surface area contributed by atoms with E-state index in [4.69, 9.17) is 4.74 Å². The van der Waals surface area contributed by atoms with Gasteiger partial charge in [-0.15, -0.1) is 0 Å². The number of nitrogens with zero attached hydrogens (tertiary/aromatic N) is 1. The maximum Gasteiger partial charge on any atom is 0.0990 e. The predicted molar refractivity (Wildman–Crippen MR) is 51.2 cm³/mol.